The normalized spacial score (nSPS) is 20.0. The summed E-state index contributed by atoms with van der Waals surface area (Å²) >= 11 is 0. The van der Waals surface area contributed by atoms with Crippen molar-refractivity contribution in [2.75, 3.05) is 5.32 Å². The standard InChI is InChI=1S/C17H19N5O/c1-9-6-4-5-7-11(9)12-8-13(12)17(23)18-15-14-10(2)21-22(3)16(14)20-19-15/h4-7,12-13H,8H2,1-3H3,(H2,18,19,20,23)/t12-,13+/m0/s1. The summed E-state index contributed by atoms with van der Waals surface area (Å²) < 4.78 is 1.71. The molecule has 0 radical (unpaired) electrons. The van der Waals surface area contributed by atoms with Gasteiger partial charge in [-0.05, 0) is 37.3 Å². The number of nitrogens with one attached hydrogen (secondary N) is 2. The maximum absolute atomic E-state index is 12.5. The van der Waals surface area contributed by atoms with Gasteiger partial charge < -0.3 is 5.32 Å². The first-order valence-electron chi connectivity index (χ1n) is 7.80. The highest BCUT2D eigenvalue weighted by molar-refractivity contribution is 6.02. The Bertz CT molecular complexity index is 907. The van der Waals surface area contributed by atoms with Gasteiger partial charge in [-0.25, -0.2) is 4.68 Å². The fourth-order valence-corrected chi connectivity index (χ4v) is 3.37. The van der Waals surface area contributed by atoms with Crippen LogP contribution in [0.4, 0.5) is 5.82 Å². The van der Waals surface area contributed by atoms with Crippen molar-refractivity contribution in [1.82, 2.24) is 20.0 Å². The predicted molar refractivity (Wildman–Crippen MR) is 88.3 cm³/mol. The molecule has 6 nitrogen and oxygen atoms in total. The number of aromatic nitrogens is 4. The molecule has 2 N–H and O–H groups in total. The van der Waals surface area contributed by atoms with Crippen LogP contribution in [0.5, 0.6) is 0 Å². The topological polar surface area (TPSA) is 75.6 Å². The molecule has 2 aromatic heterocycles. The predicted octanol–water partition coefficient (Wildman–Crippen LogP) is 2.66. The van der Waals surface area contributed by atoms with E-state index in [-0.39, 0.29) is 11.8 Å². The van der Waals surface area contributed by atoms with Gasteiger partial charge in [0, 0.05) is 13.0 Å². The number of nitrogens with zero attached hydrogens (tertiary/aromatic N) is 3. The fraction of sp³-hybridized carbons (Fsp3) is 0.353. The average Bonchev–Trinajstić information content (AvgIpc) is 3.12. The molecular formula is C17H19N5O. The Labute approximate surface area is 133 Å². The van der Waals surface area contributed by atoms with Gasteiger partial charge in [0.2, 0.25) is 5.91 Å². The number of carbonyl (C=O) groups excluding carboxylic acids is 1. The zero-order chi connectivity index (χ0) is 16.1. The minimum atomic E-state index is 0.0337. The number of benzene rings is 1. The van der Waals surface area contributed by atoms with Gasteiger partial charge in [0.15, 0.2) is 5.65 Å². The molecule has 1 fully saturated rings. The number of rotatable bonds is 3. The van der Waals surface area contributed by atoms with Crippen LogP contribution in [-0.4, -0.2) is 25.9 Å². The highest BCUT2D eigenvalue weighted by atomic mass is 16.2. The average molecular weight is 309 g/mol. The van der Waals surface area contributed by atoms with E-state index < -0.39 is 0 Å². The number of aromatic amines is 1. The third kappa shape index (κ3) is 2.21. The van der Waals surface area contributed by atoms with Crippen molar-refractivity contribution in [2.45, 2.75) is 26.2 Å². The van der Waals surface area contributed by atoms with E-state index in [1.807, 2.05) is 26.1 Å². The number of H-pyrrole nitrogens is 1. The second-order valence-electron chi connectivity index (χ2n) is 6.30. The van der Waals surface area contributed by atoms with E-state index in [2.05, 4.69) is 39.7 Å². The van der Waals surface area contributed by atoms with Gasteiger partial charge in [0.1, 0.15) is 5.82 Å². The molecule has 0 bridgehead atoms. The van der Waals surface area contributed by atoms with Crippen LogP contribution in [0, 0.1) is 19.8 Å². The zero-order valence-electron chi connectivity index (χ0n) is 13.4. The van der Waals surface area contributed by atoms with Gasteiger partial charge in [-0.3, -0.25) is 9.89 Å². The molecule has 23 heavy (non-hydrogen) atoms. The van der Waals surface area contributed by atoms with Crippen LogP contribution in [0.2, 0.25) is 0 Å². The number of hydrogen-bond acceptors (Lipinski definition) is 3. The van der Waals surface area contributed by atoms with Crippen LogP contribution >= 0.6 is 0 Å². The molecule has 3 aromatic rings. The minimum absolute atomic E-state index is 0.0337. The Hall–Kier alpha value is -2.63. The number of amides is 1. The molecule has 0 spiro atoms. The molecule has 0 saturated heterocycles. The molecule has 1 saturated carbocycles. The number of carbonyl (C=O) groups is 1. The lowest BCUT2D eigenvalue weighted by Gasteiger charge is -2.05. The lowest BCUT2D eigenvalue weighted by molar-refractivity contribution is -0.117. The van der Waals surface area contributed by atoms with Crippen LogP contribution in [-0.2, 0) is 11.8 Å². The van der Waals surface area contributed by atoms with E-state index in [9.17, 15) is 4.79 Å². The molecule has 4 rings (SSSR count). The van der Waals surface area contributed by atoms with E-state index in [0.29, 0.717) is 11.7 Å². The summed E-state index contributed by atoms with van der Waals surface area (Å²) in [6, 6.07) is 8.28. The highest BCUT2D eigenvalue weighted by Crippen LogP contribution is 2.49. The van der Waals surface area contributed by atoms with Crippen LogP contribution in [0.3, 0.4) is 0 Å². The monoisotopic (exact) mass is 309 g/mol. The van der Waals surface area contributed by atoms with Gasteiger partial charge in [0.25, 0.3) is 0 Å². The maximum atomic E-state index is 12.5. The molecule has 1 aliphatic carbocycles. The zero-order valence-corrected chi connectivity index (χ0v) is 13.4. The number of anilines is 1. The maximum Gasteiger partial charge on any atom is 0.229 e. The van der Waals surface area contributed by atoms with Gasteiger partial charge in [-0.2, -0.15) is 10.2 Å². The molecule has 0 unspecified atom stereocenters. The Morgan fingerprint density at radius 1 is 1.35 bits per heavy atom. The quantitative estimate of drug-likeness (QED) is 0.781. The second-order valence-corrected chi connectivity index (χ2v) is 6.30. The van der Waals surface area contributed by atoms with Gasteiger partial charge in [-0.15, -0.1) is 0 Å². The molecule has 0 aliphatic heterocycles. The Kier molecular flexibility index (Phi) is 3.01. The molecule has 1 aliphatic rings. The molecular weight excluding hydrogens is 290 g/mol. The Morgan fingerprint density at radius 3 is 2.91 bits per heavy atom. The first-order valence-corrected chi connectivity index (χ1v) is 7.80. The van der Waals surface area contributed by atoms with E-state index >= 15 is 0 Å². The Morgan fingerprint density at radius 2 is 2.13 bits per heavy atom. The second kappa shape index (κ2) is 4.94. The van der Waals surface area contributed by atoms with Gasteiger partial charge in [0.05, 0.1) is 11.1 Å². The Balaban J connectivity index is 1.54. The van der Waals surface area contributed by atoms with Crippen LogP contribution < -0.4 is 5.32 Å². The first kappa shape index (κ1) is 14.0. The van der Waals surface area contributed by atoms with Crippen molar-refractivity contribution >= 4 is 22.8 Å². The molecule has 1 aromatic carbocycles. The van der Waals surface area contributed by atoms with Crippen LogP contribution in [0.25, 0.3) is 11.0 Å². The van der Waals surface area contributed by atoms with E-state index in [1.54, 1.807) is 4.68 Å². The van der Waals surface area contributed by atoms with E-state index in [4.69, 9.17) is 0 Å². The summed E-state index contributed by atoms with van der Waals surface area (Å²) in [5.74, 6) is 1.05. The van der Waals surface area contributed by atoms with Crippen molar-refractivity contribution in [3.63, 3.8) is 0 Å². The molecule has 1 amide bonds. The van der Waals surface area contributed by atoms with Gasteiger partial charge >= 0.3 is 0 Å². The highest BCUT2D eigenvalue weighted by Gasteiger charge is 2.44. The fourth-order valence-electron chi connectivity index (χ4n) is 3.37. The van der Waals surface area contributed by atoms with Gasteiger partial charge in [-0.1, -0.05) is 24.3 Å². The SMILES string of the molecule is Cc1ccccc1[C@@H]1C[C@H]1C(=O)Nc1[nH]nc2c1c(C)nn2C. The summed E-state index contributed by atoms with van der Waals surface area (Å²) in [4.78, 5) is 12.5. The first-order chi connectivity index (χ1) is 11.1. The summed E-state index contributed by atoms with van der Waals surface area (Å²) in [5, 5.41) is 15.3. The summed E-state index contributed by atoms with van der Waals surface area (Å²) in [7, 11) is 1.84. The van der Waals surface area contributed by atoms with Crippen LogP contribution in [0.1, 0.15) is 29.2 Å². The third-order valence-electron chi connectivity index (χ3n) is 4.68. The molecule has 2 heterocycles. The van der Waals surface area contributed by atoms with Crippen LogP contribution in [0.15, 0.2) is 24.3 Å². The summed E-state index contributed by atoms with van der Waals surface area (Å²) in [6.07, 6.45) is 0.903. The van der Waals surface area contributed by atoms with Crippen molar-refractivity contribution in [2.24, 2.45) is 13.0 Å². The third-order valence-corrected chi connectivity index (χ3v) is 4.68. The lowest BCUT2D eigenvalue weighted by Crippen LogP contribution is -2.15. The largest absolute Gasteiger partial charge is 0.310 e. The summed E-state index contributed by atoms with van der Waals surface area (Å²) in [6.45, 7) is 4.01. The lowest BCUT2D eigenvalue weighted by atomic mass is 10.0. The summed E-state index contributed by atoms with van der Waals surface area (Å²) in [5.41, 5.74) is 4.14. The molecule has 6 heteroatoms. The van der Waals surface area contributed by atoms with E-state index in [0.717, 1.165) is 23.1 Å². The van der Waals surface area contributed by atoms with Crippen molar-refractivity contribution in [3.05, 3.63) is 41.1 Å². The molecule has 118 valence electrons. The number of fused-ring (bicyclic) bond motifs is 1. The molecule has 2 atom stereocenters. The van der Waals surface area contributed by atoms with Crippen molar-refractivity contribution in [1.29, 1.82) is 0 Å². The minimum Gasteiger partial charge on any atom is -0.310 e. The van der Waals surface area contributed by atoms with E-state index in [1.165, 1.54) is 11.1 Å². The smallest absolute Gasteiger partial charge is 0.229 e. The van der Waals surface area contributed by atoms with Crippen molar-refractivity contribution in [3.8, 4) is 0 Å². The number of aryl methyl sites for hydroxylation is 3. The van der Waals surface area contributed by atoms with Crippen molar-refractivity contribution < 1.29 is 4.79 Å². The number of hydrogen-bond donors (Lipinski definition) is 2.